The summed E-state index contributed by atoms with van der Waals surface area (Å²) in [5.41, 5.74) is 7.74. The molecule has 5 aromatic rings. The van der Waals surface area contributed by atoms with Gasteiger partial charge < -0.3 is 24.4 Å². The van der Waals surface area contributed by atoms with Crippen molar-refractivity contribution in [1.29, 1.82) is 0 Å². The van der Waals surface area contributed by atoms with E-state index < -0.39 is 0 Å². The summed E-state index contributed by atoms with van der Waals surface area (Å²) in [6.45, 7) is 3.57. The highest BCUT2D eigenvalue weighted by Crippen LogP contribution is 2.41. The van der Waals surface area contributed by atoms with Crippen molar-refractivity contribution >= 4 is 46.0 Å². The van der Waals surface area contributed by atoms with Gasteiger partial charge >= 0.3 is 5.97 Å². The lowest BCUT2D eigenvalue weighted by atomic mass is 9.82. The van der Waals surface area contributed by atoms with E-state index in [-0.39, 0.29) is 23.8 Å². The van der Waals surface area contributed by atoms with Gasteiger partial charge in [-0.05, 0) is 93.1 Å². The van der Waals surface area contributed by atoms with Crippen LogP contribution in [0.1, 0.15) is 55.2 Å². The van der Waals surface area contributed by atoms with E-state index in [0.29, 0.717) is 42.0 Å². The number of nitrogens with zero attached hydrogens (tertiary/aromatic N) is 4. The number of carbonyl (C=O) groups excluding carboxylic acids is 2. The van der Waals surface area contributed by atoms with E-state index in [1.807, 2.05) is 53.3 Å². The molecule has 1 N–H and O–H groups in total. The number of hydrogen-bond acceptors (Lipinski definition) is 8. The van der Waals surface area contributed by atoms with Gasteiger partial charge in [0.15, 0.2) is 0 Å². The predicted molar refractivity (Wildman–Crippen MR) is 231 cm³/mol. The van der Waals surface area contributed by atoms with Gasteiger partial charge in [-0.25, -0.2) is 0 Å². The Balaban J connectivity index is 1.06. The number of likely N-dealkylation sites (N-methyl/N-ethyl adjacent to an activating group) is 1. The highest BCUT2D eigenvalue weighted by molar-refractivity contribution is 6.36. The summed E-state index contributed by atoms with van der Waals surface area (Å²) in [4.78, 5) is 28.2. The molecular weight excluding hydrogens is 773 g/mol. The summed E-state index contributed by atoms with van der Waals surface area (Å²) >= 11 is 14.2. The first kappa shape index (κ1) is 41.5. The molecule has 1 aliphatic heterocycles. The molecule has 2 heterocycles. The van der Waals surface area contributed by atoms with E-state index in [0.717, 1.165) is 107 Å². The molecule has 4 aromatic carbocycles. The average Bonchev–Trinajstić information content (AvgIpc) is 3.83. The summed E-state index contributed by atoms with van der Waals surface area (Å²) in [5.74, 6) is 2.18. The fourth-order valence-corrected chi connectivity index (χ4v) is 9.37. The third-order valence-corrected chi connectivity index (χ3v) is 12.6. The number of halogens is 2. The Morgan fingerprint density at radius 2 is 1.50 bits per heavy atom. The molecule has 1 saturated heterocycles. The monoisotopic (exact) mass is 825 g/mol. The van der Waals surface area contributed by atoms with Crippen LogP contribution in [-0.4, -0.2) is 86.0 Å². The van der Waals surface area contributed by atoms with Crippen LogP contribution < -0.4 is 14.8 Å². The van der Waals surface area contributed by atoms with Crippen LogP contribution in [0.25, 0.3) is 33.2 Å². The normalized spacial score (nSPS) is 18.2. The first-order valence-corrected chi connectivity index (χ1v) is 20.8. The zero-order chi connectivity index (χ0) is 40.9. The van der Waals surface area contributed by atoms with E-state index >= 15 is 0 Å². The molecule has 0 radical (unpaired) electrons. The molecule has 58 heavy (non-hydrogen) atoms. The van der Waals surface area contributed by atoms with Crippen molar-refractivity contribution < 1.29 is 23.8 Å². The molecule has 7 rings (SSSR count). The summed E-state index contributed by atoms with van der Waals surface area (Å²) < 4.78 is 18.7. The molecule has 2 fully saturated rings. The van der Waals surface area contributed by atoms with Crippen molar-refractivity contribution in [3.05, 3.63) is 99.7 Å². The molecule has 1 saturated carbocycles. The minimum atomic E-state index is -0.0848. The van der Waals surface area contributed by atoms with Gasteiger partial charge in [0, 0.05) is 71.3 Å². The number of rotatable bonds is 15. The van der Waals surface area contributed by atoms with Gasteiger partial charge in [0.25, 0.3) is 0 Å². The molecule has 1 atom stereocenters. The van der Waals surface area contributed by atoms with Crippen LogP contribution in [0, 0.1) is 11.8 Å². The molecule has 1 aliphatic carbocycles. The van der Waals surface area contributed by atoms with Crippen molar-refractivity contribution in [3.8, 4) is 33.8 Å². The SMILES string of the molecule is COC(=O)C1CCC(CN(C)Cc2cc(Cl)c(Cn3ncc4c(-c5cccc(-c6ccc(CN(C)C[C@@H]7CCC(=O)N7)c(OC)c6)c5Cl)cccc43)cc2OC)CC1. The Bertz CT molecular complexity index is 2270. The largest absolute Gasteiger partial charge is 0.496 e. The molecule has 2 aliphatic rings. The smallest absolute Gasteiger partial charge is 0.308 e. The Morgan fingerprint density at radius 1 is 0.810 bits per heavy atom. The van der Waals surface area contributed by atoms with Gasteiger partial charge in [0.2, 0.25) is 5.91 Å². The van der Waals surface area contributed by atoms with Crippen molar-refractivity contribution in [2.24, 2.45) is 11.8 Å². The predicted octanol–water partition coefficient (Wildman–Crippen LogP) is 8.86. The third kappa shape index (κ3) is 9.31. The highest BCUT2D eigenvalue weighted by Gasteiger charge is 2.28. The Morgan fingerprint density at radius 3 is 2.22 bits per heavy atom. The number of nitrogens with one attached hydrogen (secondary N) is 1. The number of methoxy groups -OCH3 is 3. The summed E-state index contributed by atoms with van der Waals surface area (Å²) in [5, 5.41) is 10.2. The second-order valence-corrected chi connectivity index (χ2v) is 16.7. The van der Waals surface area contributed by atoms with E-state index in [9.17, 15) is 9.59 Å². The lowest BCUT2D eigenvalue weighted by molar-refractivity contribution is -0.146. The Hall–Kier alpha value is -4.61. The number of amides is 1. The van der Waals surface area contributed by atoms with Gasteiger partial charge in [-0.2, -0.15) is 5.10 Å². The van der Waals surface area contributed by atoms with Crippen molar-refractivity contribution in [2.45, 2.75) is 64.2 Å². The van der Waals surface area contributed by atoms with Crippen molar-refractivity contribution in [2.75, 3.05) is 48.5 Å². The minimum Gasteiger partial charge on any atom is -0.496 e. The van der Waals surface area contributed by atoms with Crippen LogP contribution in [0.2, 0.25) is 10.0 Å². The molecule has 10 nitrogen and oxygen atoms in total. The molecule has 306 valence electrons. The van der Waals surface area contributed by atoms with E-state index in [2.05, 4.69) is 53.5 Å². The maximum Gasteiger partial charge on any atom is 0.308 e. The number of aromatic nitrogens is 2. The third-order valence-electron chi connectivity index (χ3n) is 11.8. The zero-order valence-corrected chi connectivity index (χ0v) is 35.5. The number of hydrogen-bond donors (Lipinski definition) is 1. The highest BCUT2D eigenvalue weighted by atomic mass is 35.5. The maximum absolute atomic E-state index is 12.0. The topological polar surface area (TPSA) is 98.2 Å². The van der Waals surface area contributed by atoms with Gasteiger partial charge in [0.1, 0.15) is 11.5 Å². The molecular formula is C46H53Cl2N5O5. The average molecular weight is 827 g/mol. The van der Waals surface area contributed by atoms with Crippen LogP contribution in [0.5, 0.6) is 11.5 Å². The van der Waals surface area contributed by atoms with Gasteiger partial charge in [-0.15, -0.1) is 0 Å². The number of fused-ring (bicyclic) bond motifs is 1. The molecule has 0 unspecified atom stereocenters. The molecule has 1 aromatic heterocycles. The number of esters is 1. The molecule has 0 spiro atoms. The first-order chi connectivity index (χ1) is 28.0. The number of benzene rings is 4. The molecule has 12 heteroatoms. The van der Waals surface area contributed by atoms with Crippen LogP contribution in [0.15, 0.2) is 72.9 Å². The van der Waals surface area contributed by atoms with E-state index in [1.165, 1.54) is 7.11 Å². The van der Waals surface area contributed by atoms with Crippen LogP contribution >= 0.6 is 23.2 Å². The van der Waals surface area contributed by atoms with Crippen LogP contribution in [0.3, 0.4) is 0 Å². The van der Waals surface area contributed by atoms with Crippen LogP contribution in [0.4, 0.5) is 0 Å². The summed E-state index contributed by atoms with van der Waals surface area (Å²) in [6.07, 6.45) is 7.15. The second kappa shape index (κ2) is 18.5. The lowest BCUT2D eigenvalue weighted by Crippen LogP contribution is -2.36. The zero-order valence-electron chi connectivity index (χ0n) is 34.0. The quantitative estimate of drug-likeness (QED) is 0.105. The fourth-order valence-electron chi connectivity index (χ4n) is 8.79. The minimum absolute atomic E-state index is 0.0267. The summed E-state index contributed by atoms with van der Waals surface area (Å²) in [7, 11) is 9.05. The van der Waals surface area contributed by atoms with Gasteiger partial charge in [0.05, 0.1) is 50.5 Å². The van der Waals surface area contributed by atoms with Gasteiger partial charge in [-0.1, -0.05) is 65.7 Å². The standard InChI is InChI=1S/C46H53Cl2N5O5/c1-51(24-29-12-14-30(15-13-29)46(55)58-5)26-34-20-40(47)33(22-43(34)57-4)27-53-41-11-7-9-37(39(41)23-49-53)38-10-6-8-36(45(38)48)31-16-17-32(42(21-31)56-3)25-52(2)28-35-18-19-44(54)50-35/h6-11,16-17,20-23,29-30,35H,12-15,18-19,24-28H2,1-5H3,(H,50,54)/t29?,30?,35-/m0/s1. The van der Waals surface area contributed by atoms with E-state index in [1.54, 1.807) is 14.2 Å². The lowest BCUT2D eigenvalue weighted by Gasteiger charge is -2.30. The van der Waals surface area contributed by atoms with Crippen molar-refractivity contribution in [3.63, 3.8) is 0 Å². The Kier molecular flexibility index (Phi) is 13.3. The maximum atomic E-state index is 12.0. The molecule has 1 amide bonds. The second-order valence-electron chi connectivity index (χ2n) is 15.9. The number of ether oxygens (including phenoxy) is 3. The first-order valence-electron chi connectivity index (χ1n) is 20.0. The number of carbonyl (C=O) groups is 2. The summed E-state index contributed by atoms with van der Waals surface area (Å²) in [6, 6.07) is 22.7. The Labute approximate surface area is 351 Å². The fraction of sp³-hybridized carbons (Fsp3) is 0.413. The van der Waals surface area contributed by atoms with Crippen LogP contribution in [-0.2, 0) is 34.0 Å². The van der Waals surface area contributed by atoms with Crippen molar-refractivity contribution in [1.82, 2.24) is 24.9 Å². The molecule has 0 bridgehead atoms. The van der Waals surface area contributed by atoms with Gasteiger partial charge in [-0.3, -0.25) is 19.2 Å². The van der Waals surface area contributed by atoms with E-state index in [4.69, 9.17) is 42.5 Å².